The summed E-state index contributed by atoms with van der Waals surface area (Å²) in [6.45, 7) is 0.183. The number of hydrogen-bond acceptors (Lipinski definition) is 5. The van der Waals surface area contributed by atoms with Crippen LogP contribution in [0.15, 0.2) is 30.6 Å². The number of hydrogen-bond donors (Lipinski definition) is 2. The fraction of sp³-hybridized carbons (Fsp3) is 0.0909. The highest BCUT2D eigenvalue weighted by atomic mass is 19.1. The van der Waals surface area contributed by atoms with E-state index in [9.17, 15) is 9.18 Å². The summed E-state index contributed by atoms with van der Waals surface area (Å²) in [7, 11) is 0. The number of aromatic nitrogens is 3. The second-order valence-corrected chi connectivity index (χ2v) is 3.48. The van der Waals surface area contributed by atoms with Crippen LogP contribution in [0.2, 0.25) is 0 Å². The minimum atomic E-state index is -0.617. The van der Waals surface area contributed by atoms with Crippen molar-refractivity contribution in [1.82, 2.24) is 20.5 Å². The Bertz CT molecular complexity index is 561. The summed E-state index contributed by atoms with van der Waals surface area (Å²) in [6.07, 6.45) is 2.48. The van der Waals surface area contributed by atoms with Gasteiger partial charge < -0.3 is 11.1 Å². The Kier molecular flexibility index (Phi) is 3.42. The van der Waals surface area contributed by atoms with Crippen LogP contribution in [-0.2, 0) is 6.54 Å². The number of rotatable bonds is 3. The summed E-state index contributed by atoms with van der Waals surface area (Å²) >= 11 is 0. The van der Waals surface area contributed by atoms with Gasteiger partial charge >= 0.3 is 0 Å². The van der Waals surface area contributed by atoms with Gasteiger partial charge in [0.05, 0.1) is 24.0 Å². The number of halogens is 1. The number of pyridine rings is 1. The maximum Gasteiger partial charge on any atom is 0.255 e. The lowest BCUT2D eigenvalue weighted by Gasteiger charge is -2.06. The maximum atomic E-state index is 13.0. The highest BCUT2D eigenvalue weighted by Gasteiger charge is 2.11. The van der Waals surface area contributed by atoms with E-state index in [1.807, 2.05) is 0 Å². The molecule has 2 heterocycles. The molecule has 0 saturated heterocycles. The van der Waals surface area contributed by atoms with Crippen molar-refractivity contribution < 1.29 is 9.18 Å². The summed E-state index contributed by atoms with van der Waals surface area (Å²) in [6, 6.07) is 4.45. The van der Waals surface area contributed by atoms with Crippen LogP contribution >= 0.6 is 0 Å². The standard InChI is InChI=1S/C11H10FN5O/c12-7-4-9(10(13)14-5-7)11(18)15-6-8-2-1-3-16-17-8/h1-5H,6H2,(H2,13,14)(H,15,18). The van der Waals surface area contributed by atoms with Crippen LogP contribution in [0.25, 0.3) is 0 Å². The van der Waals surface area contributed by atoms with Gasteiger partial charge in [0.1, 0.15) is 11.6 Å². The number of carbonyl (C=O) groups excluding carboxylic acids is 1. The molecule has 2 aromatic heterocycles. The van der Waals surface area contributed by atoms with Gasteiger partial charge in [-0.05, 0) is 18.2 Å². The minimum Gasteiger partial charge on any atom is -0.383 e. The predicted octanol–water partition coefficient (Wildman–Crippen LogP) is 0.523. The van der Waals surface area contributed by atoms with Gasteiger partial charge in [-0.2, -0.15) is 10.2 Å². The molecule has 0 aromatic carbocycles. The van der Waals surface area contributed by atoms with Crippen molar-refractivity contribution in [2.45, 2.75) is 6.54 Å². The Morgan fingerprint density at radius 1 is 1.50 bits per heavy atom. The smallest absolute Gasteiger partial charge is 0.255 e. The average molecular weight is 247 g/mol. The lowest BCUT2D eigenvalue weighted by molar-refractivity contribution is 0.0950. The molecule has 3 N–H and O–H groups in total. The second-order valence-electron chi connectivity index (χ2n) is 3.48. The first-order chi connectivity index (χ1) is 8.66. The van der Waals surface area contributed by atoms with Crippen LogP contribution in [0.5, 0.6) is 0 Å². The predicted molar refractivity (Wildman–Crippen MR) is 61.8 cm³/mol. The van der Waals surface area contributed by atoms with Crippen LogP contribution in [0, 0.1) is 5.82 Å². The lowest BCUT2D eigenvalue weighted by Crippen LogP contribution is -2.24. The molecule has 0 aliphatic heterocycles. The molecule has 0 spiro atoms. The van der Waals surface area contributed by atoms with Crippen molar-refractivity contribution in [3.63, 3.8) is 0 Å². The monoisotopic (exact) mass is 247 g/mol. The van der Waals surface area contributed by atoms with E-state index in [0.717, 1.165) is 12.3 Å². The molecule has 2 aromatic rings. The molecule has 0 fully saturated rings. The van der Waals surface area contributed by atoms with E-state index >= 15 is 0 Å². The third-order valence-electron chi connectivity index (χ3n) is 2.19. The number of nitrogens with one attached hydrogen (secondary N) is 1. The highest BCUT2D eigenvalue weighted by molar-refractivity contribution is 5.98. The number of anilines is 1. The zero-order chi connectivity index (χ0) is 13.0. The first-order valence-corrected chi connectivity index (χ1v) is 5.12. The first-order valence-electron chi connectivity index (χ1n) is 5.12. The van der Waals surface area contributed by atoms with E-state index in [1.54, 1.807) is 12.1 Å². The zero-order valence-corrected chi connectivity index (χ0v) is 9.30. The van der Waals surface area contributed by atoms with Crippen molar-refractivity contribution in [3.8, 4) is 0 Å². The number of nitrogen functional groups attached to an aromatic ring is 1. The molecule has 6 nitrogen and oxygen atoms in total. The Balaban J connectivity index is 2.06. The Morgan fingerprint density at radius 2 is 2.33 bits per heavy atom. The Labute approximate surface area is 102 Å². The van der Waals surface area contributed by atoms with E-state index < -0.39 is 11.7 Å². The molecular formula is C11H10FN5O. The Morgan fingerprint density at radius 3 is 3.06 bits per heavy atom. The zero-order valence-electron chi connectivity index (χ0n) is 9.30. The SMILES string of the molecule is Nc1ncc(F)cc1C(=O)NCc1cccnn1. The molecule has 18 heavy (non-hydrogen) atoms. The van der Waals surface area contributed by atoms with Crippen LogP contribution in [0.1, 0.15) is 16.1 Å². The summed E-state index contributed by atoms with van der Waals surface area (Å²) in [4.78, 5) is 15.3. The first kappa shape index (κ1) is 11.9. The van der Waals surface area contributed by atoms with Gasteiger partial charge in [0.15, 0.2) is 0 Å². The second kappa shape index (κ2) is 5.17. The quantitative estimate of drug-likeness (QED) is 0.824. The molecule has 0 aliphatic carbocycles. The van der Waals surface area contributed by atoms with Crippen molar-refractivity contribution in [3.05, 3.63) is 47.7 Å². The van der Waals surface area contributed by atoms with Gasteiger partial charge in [0.2, 0.25) is 0 Å². The van der Waals surface area contributed by atoms with Crippen LogP contribution < -0.4 is 11.1 Å². The minimum absolute atomic E-state index is 0.00103. The van der Waals surface area contributed by atoms with Crippen molar-refractivity contribution in [2.24, 2.45) is 0 Å². The molecule has 0 saturated carbocycles. The van der Waals surface area contributed by atoms with E-state index in [0.29, 0.717) is 5.69 Å². The topological polar surface area (TPSA) is 93.8 Å². The summed E-state index contributed by atoms with van der Waals surface area (Å²) in [5.74, 6) is -1.15. The fourth-order valence-corrected chi connectivity index (χ4v) is 1.33. The van der Waals surface area contributed by atoms with Gasteiger partial charge in [-0.3, -0.25) is 4.79 Å². The van der Waals surface area contributed by atoms with Gasteiger partial charge in [-0.15, -0.1) is 0 Å². The highest BCUT2D eigenvalue weighted by Crippen LogP contribution is 2.09. The van der Waals surface area contributed by atoms with E-state index in [-0.39, 0.29) is 17.9 Å². The van der Waals surface area contributed by atoms with Crippen molar-refractivity contribution in [2.75, 3.05) is 5.73 Å². The summed E-state index contributed by atoms with van der Waals surface area (Å²) in [5.41, 5.74) is 6.08. The molecule has 2 rings (SSSR count). The van der Waals surface area contributed by atoms with Gasteiger partial charge in [0.25, 0.3) is 5.91 Å². The molecule has 0 bridgehead atoms. The van der Waals surface area contributed by atoms with Gasteiger partial charge in [-0.1, -0.05) is 0 Å². The van der Waals surface area contributed by atoms with Crippen molar-refractivity contribution in [1.29, 1.82) is 0 Å². The molecule has 0 aliphatic rings. The number of amides is 1. The van der Waals surface area contributed by atoms with E-state index in [2.05, 4.69) is 20.5 Å². The third-order valence-corrected chi connectivity index (χ3v) is 2.19. The molecule has 0 unspecified atom stereocenters. The van der Waals surface area contributed by atoms with Crippen LogP contribution in [0.4, 0.5) is 10.2 Å². The number of nitrogens with zero attached hydrogens (tertiary/aromatic N) is 3. The average Bonchev–Trinajstić information content (AvgIpc) is 2.40. The largest absolute Gasteiger partial charge is 0.383 e. The number of carbonyl (C=O) groups is 1. The number of nitrogens with two attached hydrogens (primary N) is 1. The normalized spacial score (nSPS) is 10.1. The molecular weight excluding hydrogens is 237 g/mol. The summed E-state index contributed by atoms with van der Waals surface area (Å²) in [5, 5.41) is 10.0. The molecule has 0 atom stereocenters. The Hall–Kier alpha value is -2.57. The van der Waals surface area contributed by atoms with E-state index in [1.165, 1.54) is 6.20 Å². The third kappa shape index (κ3) is 2.76. The lowest BCUT2D eigenvalue weighted by atomic mass is 10.2. The van der Waals surface area contributed by atoms with Crippen molar-refractivity contribution >= 4 is 11.7 Å². The summed E-state index contributed by atoms with van der Waals surface area (Å²) < 4.78 is 13.0. The maximum absolute atomic E-state index is 13.0. The molecule has 0 radical (unpaired) electrons. The fourth-order valence-electron chi connectivity index (χ4n) is 1.33. The molecule has 7 heteroatoms. The van der Waals surface area contributed by atoms with Gasteiger partial charge in [0, 0.05) is 6.20 Å². The molecule has 92 valence electrons. The van der Waals surface area contributed by atoms with Crippen LogP contribution in [-0.4, -0.2) is 21.1 Å². The van der Waals surface area contributed by atoms with Crippen LogP contribution in [0.3, 0.4) is 0 Å². The van der Waals surface area contributed by atoms with E-state index in [4.69, 9.17) is 5.73 Å². The van der Waals surface area contributed by atoms with Gasteiger partial charge in [-0.25, -0.2) is 9.37 Å². The molecule has 1 amide bonds.